The first-order valence-corrected chi connectivity index (χ1v) is 9.32. The monoisotopic (exact) mass is 348 g/mol. The number of nitrogens with zero attached hydrogens (tertiary/aromatic N) is 2. The topological polar surface area (TPSA) is 40.6 Å². The molecule has 0 aromatic heterocycles. The molecule has 0 N–H and O–H groups in total. The van der Waals surface area contributed by atoms with E-state index < -0.39 is 10.2 Å². The minimum atomic E-state index is -3.32. The van der Waals surface area contributed by atoms with E-state index in [0.29, 0.717) is 32.1 Å². The van der Waals surface area contributed by atoms with Gasteiger partial charge in [0.05, 0.1) is 5.38 Å². The number of halogens is 2. The van der Waals surface area contributed by atoms with E-state index >= 15 is 0 Å². The Labute approximate surface area is 135 Å². The molecular formula is C14H18Cl2N2O2S. The summed E-state index contributed by atoms with van der Waals surface area (Å²) in [6, 6.07) is 7.84. The summed E-state index contributed by atoms with van der Waals surface area (Å²) in [6.45, 7) is 1.97. The smallest absolute Gasteiger partial charge is 0.195 e. The fourth-order valence-corrected chi connectivity index (χ4v) is 5.35. The normalized spacial score (nSPS) is 23.1. The number of piperidine rings is 1. The molecule has 0 unspecified atom stereocenters. The Balaban J connectivity index is 1.63. The molecule has 2 aliphatic heterocycles. The molecule has 2 heterocycles. The zero-order valence-corrected chi connectivity index (χ0v) is 13.9. The first-order valence-electron chi connectivity index (χ1n) is 7.11. The Morgan fingerprint density at radius 1 is 1.10 bits per heavy atom. The van der Waals surface area contributed by atoms with Crippen LogP contribution in [0.5, 0.6) is 0 Å². The molecule has 0 saturated carbocycles. The molecule has 1 aromatic carbocycles. The summed E-state index contributed by atoms with van der Waals surface area (Å²) in [7, 11) is -3.32. The number of benzene rings is 1. The summed E-state index contributed by atoms with van der Waals surface area (Å²) in [5, 5.41) is 0.694. The standard InChI is InChI=1S/C14H18Cl2N2O2S/c15-13-3-1-2-12(8-13)11-4-6-17(7-5-11)21(19,20)18-9-14(16)10-18/h1-3,8,11,14H,4-7,9-10H2. The lowest BCUT2D eigenvalue weighted by molar-refractivity contribution is 0.253. The van der Waals surface area contributed by atoms with E-state index in [9.17, 15) is 8.42 Å². The third-order valence-electron chi connectivity index (χ3n) is 4.23. The van der Waals surface area contributed by atoms with Crippen LogP contribution in [0, 0.1) is 0 Å². The van der Waals surface area contributed by atoms with Gasteiger partial charge in [-0.3, -0.25) is 0 Å². The third-order valence-corrected chi connectivity index (χ3v) is 6.71. The summed E-state index contributed by atoms with van der Waals surface area (Å²) in [4.78, 5) is 0. The summed E-state index contributed by atoms with van der Waals surface area (Å²) in [5.41, 5.74) is 1.20. The molecule has 2 fully saturated rings. The SMILES string of the molecule is O=S(=O)(N1CCC(c2cccc(Cl)c2)CC1)N1CC(Cl)C1. The van der Waals surface area contributed by atoms with Crippen LogP contribution >= 0.6 is 23.2 Å². The first kappa shape index (κ1) is 15.6. The van der Waals surface area contributed by atoms with Crippen molar-refractivity contribution in [2.24, 2.45) is 0 Å². The summed E-state index contributed by atoms with van der Waals surface area (Å²) < 4.78 is 27.8. The van der Waals surface area contributed by atoms with Crippen molar-refractivity contribution in [3.63, 3.8) is 0 Å². The van der Waals surface area contributed by atoms with Crippen molar-refractivity contribution in [1.29, 1.82) is 0 Å². The lowest BCUT2D eigenvalue weighted by Crippen LogP contribution is -2.56. The van der Waals surface area contributed by atoms with Crippen molar-refractivity contribution in [2.75, 3.05) is 26.2 Å². The van der Waals surface area contributed by atoms with Crippen LogP contribution in [-0.4, -0.2) is 48.6 Å². The van der Waals surface area contributed by atoms with Crippen LogP contribution in [0.1, 0.15) is 24.3 Å². The summed E-state index contributed by atoms with van der Waals surface area (Å²) >= 11 is 11.9. The molecule has 116 valence electrons. The van der Waals surface area contributed by atoms with Gasteiger partial charge in [-0.1, -0.05) is 23.7 Å². The fraction of sp³-hybridized carbons (Fsp3) is 0.571. The molecule has 0 amide bonds. The second-order valence-corrected chi connectivity index (χ2v) is 8.63. The molecule has 0 bridgehead atoms. The highest BCUT2D eigenvalue weighted by molar-refractivity contribution is 7.86. The Bertz CT molecular complexity index is 609. The zero-order chi connectivity index (χ0) is 15.0. The van der Waals surface area contributed by atoms with Crippen LogP contribution in [0.3, 0.4) is 0 Å². The van der Waals surface area contributed by atoms with E-state index in [1.807, 2.05) is 18.2 Å². The van der Waals surface area contributed by atoms with E-state index in [0.717, 1.165) is 17.9 Å². The van der Waals surface area contributed by atoms with Gasteiger partial charge in [-0.25, -0.2) is 0 Å². The summed E-state index contributed by atoms with van der Waals surface area (Å²) in [5.74, 6) is 0.382. The van der Waals surface area contributed by atoms with Crippen LogP contribution in [-0.2, 0) is 10.2 Å². The van der Waals surface area contributed by atoms with Crippen molar-refractivity contribution in [2.45, 2.75) is 24.1 Å². The zero-order valence-electron chi connectivity index (χ0n) is 11.6. The average molecular weight is 349 g/mol. The molecule has 0 aliphatic carbocycles. The summed E-state index contributed by atoms with van der Waals surface area (Å²) in [6.07, 6.45) is 1.66. The number of rotatable bonds is 3. The van der Waals surface area contributed by atoms with Gasteiger partial charge in [0.1, 0.15) is 0 Å². The van der Waals surface area contributed by atoms with E-state index in [-0.39, 0.29) is 5.38 Å². The highest BCUT2D eigenvalue weighted by atomic mass is 35.5. The number of alkyl halides is 1. The van der Waals surface area contributed by atoms with Gasteiger partial charge in [-0.2, -0.15) is 17.0 Å². The lowest BCUT2D eigenvalue weighted by atomic mass is 9.90. The Kier molecular flexibility index (Phi) is 4.48. The first-order chi connectivity index (χ1) is 9.96. The molecular weight excluding hydrogens is 331 g/mol. The molecule has 0 spiro atoms. The molecule has 1 aromatic rings. The largest absolute Gasteiger partial charge is 0.282 e. The maximum Gasteiger partial charge on any atom is 0.282 e. The molecule has 7 heteroatoms. The lowest BCUT2D eigenvalue weighted by Gasteiger charge is -2.40. The Morgan fingerprint density at radius 2 is 1.76 bits per heavy atom. The second kappa shape index (κ2) is 6.05. The second-order valence-electron chi connectivity index (χ2n) is 5.65. The van der Waals surface area contributed by atoms with Gasteiger partial charge in [0.15, 0.2) is 0 Å². The van der Waals surface area contributed by atoms with Crippen LogP contribution in [0.2, 0.25) is 5.02 Å². The molecule has 4 nitrogen and oxygen atoms in total. The minimum absolute atomic E-state index is 0.0382. The molecule has 2 saturated heterocycles. The van der Waals surface area contributed by atoms with E-state index in [4.69, 9.17) is 23.2 Å². The Hall–Kier alpha value is -0.330. The maximum absolute atomic E-state index is 12.4. The van der Waals surface area contributed by atoms with Crippen LogP contribution in [0.4, 0.5) is 0 Å². The van der Waals surface area contributed by atoms with E-state index in [1.165, 1.54) is 9.87 Å². The number of hydrogen-bond acceptors (Lipinski definition) is 2. The van der Waals surface area contributed by atoms with Crippen molar-refractivity contribution >= 4 is 33.4 Å². The molecule has 3 rings (SSSR count). The number of hydrogen-bond donors (Lipinski definition) is 0. The predicted octanol–water partition coefficient (Wildman–Crippen LogP) is 2.69. The van der Waals surface area contributed by atoms with Crippen molar-refractivity contribution < 1.29 is 8.42 Å². The minimum Gasteiger partial charge on any atom is -0.195 e. The maximum atomic E-state index is 12.4. The predicted molar refractivity (Wildman–Crippen MR) is 85.1 cm³/mol. The van der Waals surface area contributed by atoms with Gasteiger partial charge >= 0.3 is 0 Å². The van der Waals surface area contributed by atoms with Gasteiger partial charge in [0.25, 0.3) is 10.2 Å². The van der Waals surface area contributed by atoms with Crippen LogP contribution in [0.15, 0.2) is 24.3 Å². The molecule has 2 aliphatic rings. The van der Waals surface area contributed by atoms with Crippen molar-refractivity contribution in [1.82, 2.24) is 8.61 Å². The van der Waals surface area contributed by atoms with Gasteiger partial charge < -0.3 is 0 Å². The van der Waals surface area contributed by atoms with Gasteiger partial charge in [0.2, 0.25) is 0 Å². The van der Waals surface area contributed by atoms with Crippen molar-refractivity contribution in [3.05, 3.63) is 34.9 Å². The third kappa shape index (κ3) is 3.22. The molecule has 21 heavy (non-hydrogen) atoms. The van der Waals surface area contributed by atoms with Gasteiger partial charge in [0, 0.05) is 31.2 Å². The van der Waals surface area contributed by atoms with Crippen molar-refractivity contribution in [3.8, 4) is 0 Å². The molecule has 0 radical (unpaired) electrons. The van der Waals surface area contributed by atoms with Crippen LogP contribution in [0.25, 0.3) is 0 Å². The van der Waals surface area contributed by atoms with E-state index in [1.54, 1.807) is 4.31 Å². The average Bonchev–Trinajstić information content (AvgIpc) is 2.44. The highest BCUT2D eigenvalue weighted by Gasteiger charge is 2.39. The van der Waals surface area contributed by atoms with Gasteiger partial charge in [-0.15, -0.1) is 11.6 Å². The highest BCUT2D eigenvalue weighted by Crippen LogP contribution is 2.32. The Morgan fingerprint density at radius 3 is 2.33 bits per heavy atom. The van der Waals surface area contributed by atoms with Gasteiger partial charge in [-0.05, 0) is 36.5 Å². The molecule has 0 atom stereocenters. The van der Waals surface area contributed by atoms with Crippen LogP contribution < -0.4 is 0 Å². The van der Waals surface area contributed by atoms with E-state index in [2.05, 4.69) is 6.07 Å². The quantitative estimate of drug-likeness (QED) is 0.788. The fourth-order valence-electron chi connectivity index (χ4n) is 2.92.